The largest absolute Gasteiger partial charge is 0.372 e. The summed E-state index contributed by atoms with van der Waals surface area (Å²) in [5.74, 6) is 0. The van der Waals surface area contributed by atoms with Crippen LogP contribution in [-0.4, -0.2) is 55.6 Å². The van der Waals surface area contributed by atoms with Crippen molar-refractivity contribution >= 4 is 51.4 Å². The Morgan fingerprint density at radius 2 is 1.25 bits per heavy atom. The Hall–Kier alpha value is -4.93. The molecule has 0 aliphatic carbocycles. The molecule has 0 amide bonds. The average molecular weight is 741 g/mol. The van der Waals surface area contributed by atoms with E-state index in [0.29, 0.717) is 6.04 Å². The third-order valence-electron chi connectivity index (χ3n) is 13.6. The summed E-state index contributed by atoms with van der Waals surface area (Å²) in [4.78, 5) is 6.64. The van der Waals surface area contributed by atoms with Gasteiger partial charge in [0.15, 0.2) is 5.71 Å². The number of quaternary nitrogens is 1. The molecule has 1 N–H and O–H groups in total. The lowest BCUT2D eigenvalue weighted by Gasteiger charge is -2.28. The molecule has 4 aliphatic rings. The maximum Gasteiger partial charge on any atom is 0.209 e. The Morgan fingerprint density at radius 1 is 0.643 bits per heavy atom. The van der Waals surface area contributed by atoms with E-state index in [-0.39, 0.29) is 10.8 Å². The lowest BCUT2D eigenvalue weighted by Crippen LogP contribution is -3.10. The van der Waals surface area contributed by atoms with Crippen molar-refractivity contribution in [3.63, 3.8) is 0 Å². The number of hydrogen-bond acceptors (Lipinski definition) is 2. The summed E-state index contributed by atoms with van der Waals surface area (Å²) in [5.41, 5.74) is 12.4. The molecular formula is C52H60N4+2. The van der Waals surface area contributed by atoms with Crippen LogP contribution >= 0.6 is 0 Å². The molecule has 2 unspecified atom stereocenters. The van der Waals surface area contributed by atoms with Crippen LogP contribution in [0.2, 0.25) is 0 Å². The van der Waals surface area contributed by atoms with E-state index in [4.69, 9.17) is 0 Å². The van der Waals surface area contributed by atoms with Crippen LogP contribution in [0.3, 0.4) is 0 Å². The van der Waals surface area contributed by atoms with Crippen molar-refractivity contribution < 1.29 is 9.48 Å². The summed E-state index contributed by atoms with van der Waals surface area (Å²) in [6, 6.07) is 41.7. The minimum Gasteiger partial charge on any atom is -0.372 e. The molecule has 2 fully saturated rings. The molecule has 9 rings (SSSR count). The Bertz CT molecular complexity index is 2280. The third kappa shape index (κ3) is 6.81. The van der Waals surface area contributed by atoms with Crippen molar-refractivity contribution in [1.29, 1.82) is 0 Å². The summed E-state index contributed by atoms with van der Waals surface area (Å²) in [7, 11) is 0. The molecule has 4 heterocycles. The van der Waals surface area contributed by atoms with E-state index in [1.807, 2.05) is 0 Å². The maximum atomic E-state index is 2.62. The van der Waals surface area contributed by atoms with E-state index in [1.54, 1.807) is 4.90 Å². The second-order valence-corrected chi connectivity index (χ2v) is 17.8. The highest BCUT2D eigenvalue weighted by molar-refractivity contribution is 6.05. The van der Waals surface area contributed by atoms with Crippen LogP contribution < -0.4 is 14.7 Å². The van der Waals surface area contributed by atoms with Gasteiger partial charge in [-0.25, -0.2) is 0 Å². The number of nitrogens with zero attached hydrogens (tertiary/aromatic N) is 3. The van der Waals surface area contributed by atoms with Crippen molar-refractivity contribution in [3.8, 4) is 0 Å². The number of allylic oxidation sites excluding steroid dienone is 1. The number of rotatable bonds is 11. The van der Waals surface area contributed by atoms with E-state index in [2.05, 4.69) is 176 Å². The van der Waals surface area contributed by atoms with E-state index < -0.39 is 0 Å². The van der Waals surface area contributed by atoms with E-state index in [1.165, 1.54) is 113 Å². The van der Waals surface area contributed by atoms with Crippen molar-refractivity contribution in [1.82, 2.24) is 0 Å². The zero-order valence-electron chi connectivity index (χ0n) is 34.1. The predicted octanol–water partition coefficient (Wildman–Crippen LogP) is 10.5. The Kier molecular flexibility index (Phi) is 9.96. The van der Waals surface area contributed by atoms with E-state index in [0.717, 1.165) is 25.9 Å². The van der Waals surface area contributed by atoms with Crippen LogP contribution in [0.1, 0.15) is 88.5 Å². The first-order valence-electron chi connectivity index (χ1n) is 21.5. The number of hydrogen-bond donors (Lipinski definition) is 1. The van der Waals surface area contributed by atoms with Gasteiger partial charge >= 0.3 is 0 Å². The zero-order chi connectivity index (χ0) is 38.3. The fourth-order valence-electron chi connectivity index (χ4n) is 10.5. The lowest BCUT2D eigenvalue weighted by molar-refractivity contribution is -0.850. The zero-order valence-corrected chi connectivity index (χ0v) is 34.1. The van der Waals surface area contributed by atoms with Crippen LogP contribution in [-0.2, 0) is 10.8 Å². The van der Waals surface area contributed by atoms with Crippen LogP contribution in [0.15, 0.2) is 121 Å². The number of anilines is 2. The molecule has 5 aromatic carbocycles. The van der Waals surface area contributed by atoms with Crippen molar-refractivity contribution in [3.05, 3.63) is 144 Å². The molecule has 0 bridgehead atoms. The van der Waals surface area contributed by atoms with Crippen LogP contribution in [0.25, 0.3) is 22.9 Å². The molecule has 4 aliphatic heterocycles. The smallest absolute Gasteiger partial charge is 0.209 e. The van der Waals surface area contributed by atoms with Gasteiger partial charge in [0.1, 0.15) is 18.3 Å². The van der Waals surface area contributed by atoms with Gasteiger partial charge in [-0.1, -0.05) is 72.8 Å². The fourth-order valence-corrected chi connectivity index (χ4v) is 10.5. The highest BCUT2D eigenvalue weighted by Crippen LogP contribution is 2.43. The van der Waals surface area contributed by atoms with Gasteiger partial charge in [-0.15, -0.1) is 0 Å². The van der Waals surface area contributed by atoms with Gasteiger partial charge in [-0.05, 0) is 118 Å². The normalized spacial score (nSPS) is 21.3. The maximum absolute atomic E-state index is 2.62. The molecule has 5 aromatic rings. The molecule has 56 heavy (non-hydrogen) atoms. The van der Waals surface area contributed by atoms with Crippen molar-refractivity contribution in [2.24, 2.45) is 0 Å². The van der Waals surface area contributed by atoms with Crippen molar-refractivity contribution in [2.75, 3.05) is 49.1 Å². The second kappa shape index (κ2) is 15.2. The Morgan fingerprint density at radius 3 is 1.93 bits per heavy atom. The molecule has 0 aromatic heterocycles. The third-order valence-corrected chi connectivity index (χ3v) is 13.6. The molecule has 2 saturated heterocycles. The SMILES string of the molecule is CC1(C)C(/C=C/c2ccc(N3CCCC3)cc2)=[N+](CCCC[NH+]2c3ccc4ccccc4c3C(C)(C)C2/C=C/c2ccc(N3CCCC3)cc2)c2ccccc21. The summed E-state index contributed by atoms with van der Waals surface area (Å²) >= 11 is 0. The predicted molar refractivity (Wildman–Crippen MR) is 239 cm³/mol. The Labute approximate surface area is 335 Å². The molecule has 286 valence electrons. The molecule has 0 spiro atoms. The minimum atomic E-state index is -0.0601. The highest BCUT2D eigenvalue weighted by atomic mass is 15.2. The lowest BCUT2D eigenvalue weighted by atomic mass is 9.78. The van der Waals surface area contributed by atoms with Gasteiger partial charge in [0.2, 0.25) is 5.69 Å². The fraction of sp³-hybridized carbons (Fsp3) is 0.365. The van der Waals surface area contributed by atoms with Gasteiger partial charge in [0, 0.05) is 79.7 Å². The second-order valence-electron chi connectivity index (χ2n) is 17.8. The first-order valence-corrected chi connectivity index (χ1v) is 21.5. The summed E-state index contributed by atoms with van der Waals surface area (Å²) in [5, 5.41) is 2.75. The highest BCUT2D eigenvalue weighted by Gasteiger charge is 2.49. The minimum absolute atomic E-state index is 0.00609. The standard InChI is InChI=1S/C52H59N4/c1-51(2)45-17-7-8-18-46(45)55(48(51)31-23-39-19-26-42(27-20-39)53-33-9-10-34-53)37-13-14-38-56-47-30-25-41-15-5-6-16-44(41)50(47)52(3,4)49(56)32-24-40-21-28-43(29-22-40)54-35-11-12-36-54/h5-8,15-32,49H,9-14,33-38H2,1-4H3/q+1/p+1/b32-24+. The molecule has 4 heteroatoms. The van der Waals surface area contributed by atoms with Gasteiger partial charge in [0.05, 0.1) is 17.4 Å². The van der Waals surface area contributed by atoms with Crippen LogP contribution in [0.5, 0.6) is 0 Å². The quantitative estimate of drug-likeness (QED) is 0.107. The van der Waals surface area contributed by atoms with Crippen LogP contribution in [0, 0.1) is 0 Å². The number of nitrogens with one attached hydrogen (secondary N) is 1. The molecule has 4 nitrogen and oxygen atoms in total. The van der Waals surface area contributed by atoms with Gasteiger partial charge < -0.3 is 9.80 Å². The molecule has 0 saturated carbocycles. The summed E-state index contributed by atoms with van der Waals surface area (Å²) < 4.78 is 2.62. The van der Waals surface area contributed by atoms with Gasteiger partial charge in [-0.2, -0.15) is 4.58 Å². The van der Waals surface area contributed by atoms with Crippen LogP contribution in [0.4, 0.5) is 22.7 Å². The average Bonchev–Trinajstić information content (AvgIpc) is 4.03. The number of benzene rings is 5. The van der Waals surface area contributed by atoms with E-state index in [9.17, 15) is 0 Å². The monoisotopic (exact) mass is 740 g/mol. The Balaban J connectivity index is 0.966. The first-order chi connectivity index (χ1) is 27.3. The number of fused-ring (bicyclic) bond motifs is 4. The topological polar surface area (TPSA) is 13.9 Å². The number of unbranched alkanes of at least 4 members (excludes halogenated alkanes) is 1. The molecular weight excluding hydrogens is 681 g/mol. The summed E-state index contributed by atoms with van der Waals surface area (Å²) in [6.45, 7) is 16.6. The van der Waals surface area contributed by atoms with Crippen molar-refractivity contribution in [2.45, 2.75) is 83.1 Å². The summed E-state index contributed by atoms with van der Waals surface area (Å²) in [6.07, 6.45) is 17.2. The molecule has 0 radical (unpaired) electrons. The van der Waals surface area contributed by atoms with Gasteiger partial charge in [0.25, 0.3) is 0 Å². The first kappa shape index (κ1) is 36.7. The van der Waals surface area contributed by atoms with Gasteiger partial charge in [-0.3, -0.25) is 4.90 Å². The van der Waals surface area contributed by atoms with E-state index >= 15 is 0 Å². The number of para-hydroxylation sites is 1. The molecule has 2 atom stereocenters.